The highest BCUT2D eigenvalue weighted by molar-refractivity contribution is 6.03. The topological polar surface area (TPSA) is 34.1 Å². The van der Waals surface area contributed by atoms with Gasteiger partial charge in [0.25, 0.3) is 0 Å². The molecule has 0 rings (SSSR count). The summed E-state index contributed by atoms with van der Waals surface area (Å²) in [6.07, 6.45) is -4.81. The van der Waals surface area contributed by atoms with Gasteiger partial charge in [0.2, 0.25) is 0 Å². The monoisotopic (exact) mass is 204 g/mol. The first-order chi connectivity index (χ1) is 13.8. The zero-order chi connectivity index (χ0) is 27.7. The zero-order valence-corrected chi connectivity index (χ0v) is 6.32. The van der Waals surface area contributed by atoms with Crippen LogP contribution in [-0.2, 0) is 9.59 Å². The van der Waals surface area contributed by atoms with Gasteiger partial charge in [-0.15, -0.1) is 0 Å². The lowest BCUT2D eigenvalue weighted by atomic mass is 9.82. The first kappa shape index (κ1) is 1.62. The van der Waals surface area contributed by atoms with Gasteiger partial charge >= 0.3 is 0 Å². The number of carbonyl (C=O) groups is 2. The first-order valence-electron chi connectivity index (χ1n) is 12.9. The molecular formula is C11H20O2. The van der Waals surface area contributed by atoms with Crippen molar-refractivity contribution in [1.82, 2.24) is 0 Å². The molecule has 0 aliphatic carbocycles. The molecule has 0 heterocycles. The Balaban J connectivity index is 7.73. The molecule has 0 amide bonds. The van der Waals surface area contributed by atoms with Gasteiger partial charge in [0.1, 0.15) is 11.6 Å². The van der Waals surface area contributed by atoms with Crippen LogP contribution in [0.2, 0.25) is 0 Å². The van der Waals surface area contributed by atoms with E-state index in [-0.39, 0.29) is 0 Å². The standard InChI is InChI=1S/C11H20O2/c1-10(2,3)8(12)7-9(13)11(4,5)6/h7H2,1-6H3/i1D3,2D3,3D3,4D3,5D3,6D3,7D2. The molecule has 0 radical (unpaired) electrons. The van der Waals surface area contributed by atoms with E-state index >= 15 is 0 Å². The predicted molar refractivity (Wildman–Crippen MR) is 53.5 cm³/mol. The van der Waals surface area contributed by atoms with Crippen molar-refractivity contribution in [3.05, 3.63) is 0 Å². The van der Waals surface area contributed by atoms with Gasteiger partial charge < -0.3 is 0 Å². The van der Waals surface area contributed by atoms with Gasteiger partial charge in [0.15, 0.2) is 0 Å². The van der Waals surface area contributed by atoms with Gasteiger partial charge in [-0.05, 0) is 0 Å². The van der Waals surface area contributed by atoms with Crippen molar-refractivity contribution >= 4 is 11.6 Å². The molecule has 2 nitrogen and oxygen atoms in total. The average molecular weight is 204 g/mol. The molecule has 0 unspecified atom stereocenters. The van der Waals surface area contributed by atoms with Crippen LogP contribution in [0.3, 0.4) is 0 Å². The van der Waals surface area contributed by atoms with Crippen LogP contribution in [-0.4, -0.2) is 11.6 Å². The van der Waals surface area contributed by atoms with Crippen molar-refractivity contribution in [2.45, 2.75) is 47.5 Å². The van der Waals surface area contributed by atoms with Gasteiger partial charge in [0.05, 0.1) is 6.37 Å². The molecular weight excluding hydrogens is 164 g/mol. The summed E-state index contributed by atoms with van der Waals surface area (Å²) in [6.45, 7) is -26.3. The highest BCUT2D eigenvalue weighted by Gasteiger charge is 2.28. The SMILES string of the molecule is [2H]C([2H])(C(=O)C(C([2H])([2H])[2H])(C([2H])([2H])[2H])C([2H])([2H])[2H])C(=O)C(C([2H])([2H])[2H])(C([2H])([2H])[2H])C([2H])([2H])[2H]. The Morgan fingerprint density at radius 3 is 1.54 bits per heavy atom. The lowest BCUT2D eigenvalue weighted by Gasteiger charge is -2.20. The lowest BCUT2D eigenvalue weighted by Crippen LogP contribution is -2.28. The summed E-state index contributed by atoms with van der Waals surface area (Å²) >= 11 is 0. The number of hydrogen-bond acceptors (Lipinski definition) is 2. The summed E-state index contributed by atoms with van der Waals surface area (Å²) in [5, 5.41) is 0. The maximum absolute atomic E-state index is 13.1. The fourth-order valence-corrected chi connectivity index (χ4v) is 0.291. The molecule has 0 aromatic carbocycles. The van der Waals surface area contributed by atoms with Crippen molar-refractivity contribution in [2.24, 2.45) is 10.8 Å². The molecule has 0 spiro atoms. The molecule has 76 valence electrons. The summed E-state index contributed by atoms with van der Waals surface area (Å²) in [5.41, 5.74) is -9.31. The normalized spacial score (nSPS) is 42.5. The molecule has 0 saturated heterocycles. The summed E-state index contributed by atoms with van der Waals surface area (Å²) in [5.74, 6) is -6.05. The van der Waals surface area contributed by atoms with Crippen LogP contribution in [0.1, 0.15) is 74.9 Å². The molecule has 13 heavy (non-hydrogen) atoms. The Morgan fingerprint density at radius 2 is 1.31 bits per heavy atom. The Morgan fingerprint density at radius 1 is 1.00 bits per heavy atom. The van der Waals surface area contributed by atoms with E-state index in [9.17, 15) is 9.59 Å². The second-order valence-corrected chi connectivity index (χ2v) is 2.28. The fraction of sp³-hybridized carbons (Fsp3) is 0.818. The maximum atomic E-state index is 13.1. The lowest BCUT2D eigenvalue weighted by molar-refractivity contribution is -0.135. The second kappa shape index (κ2) is 3.60. The molecule has 0 N–H and O–H groups in total. The number of hydrogen-bond donors (Lipinski definition) is 0. The Labute approximate surface area is 109 Å². The van der Waals surface area contributed by atoms with Gasteiger partial charge in [-0.1, -0.05) is 41.1 Å². The van der Waals surface area contributed by atoms with Crippen LogP contribution in [0.4, 0.5) is 0 Å². The molecule has 0 saturated carbocycles. The van der Waals surface area contributed by atoms with Crippen molar-refractivity contribution in [1.29, 1.82) is 0 Å². The van der Waals surface area contributed by atoms with Gasteiger partial charge in [-0.3, -0.25) is 9.59 Å². The minimum atomic E-state index is -4.81. The smallest absolute Gasteiger partial charge is 0.145 e. The summed E-state index contributed by atoms with van der Waals surface area (Å²) in [4.78, 5) is 26.1. The molecule has 0 aliphatic rings. The third-order valence-electron chi connectivity index (χ3n) is 0.908. The van der Waals surface area contributed by atoms with Crippen molar-refractivity contribution in [3.8, 4) is 0 Å². The van der Waals surface area contributed by atoms with Crippen molar-refractivity contribution in [2.75, 3.05) is 0 Å². The Kier molecular flexibility index (Phi) is 0.448. The van der Waals surface area contributed by atoms with E-state index in [0.717, 1.165) is 0 Å². The molecule has 0 aromatic heterocycles. The number of carbonyl (C=O) groups excluding carboxylic acids is 2. The highest BCUT2D eigenvalue weighted by Crippen LogP contribution is 2.22. The van der Waals surface area contributed by atoms with E-state index in [1.807, 2.05) is 0 Å². The second-order valence-electron chi connectivity index (χ2n) is 2.28. The van der Waals surface area contributed by atoms with Gasteiger partial charge in [0, 0.05) is 38.2 Å². The Bertz CT molecular complexity index is 629. The minimum absolute atomic E-state index is 3.03. The molecule has 0 aliphatic heterocycles. The predicted octanol–water partition coefficient (Wildman–Crippen LogP) is 2.61. The van der Waals surface area contributed by atoms with E-state index in [0.29, 0.717) is 0 Å². The molecule has 0 aromatic rings. The quantitative estimate of drug-likeness (QED) is 0.648. The maximum Gasteiger partial charge on any atom is 0.145 e. The van der Waals surface area contributed by atoms with Crippen molar-refractivity contribution in [3.63, 3.8) is 0 Å². The number of Topliss-reactive ketones (excluding diaryl/α,β-unsaturated/α-hetero) is 2. The largest absolute Gasteiger partial charge is 0.299 e. The molecule has 0 fully saturated rings. The Hall–Kier alpha value is -0.660. The van der Waals surface area contributed by atoms with E-state index < -0.39 is 69.9 Å². The van der Waals surface area contributed by atoms with Gasteiger partial charge in [-0.2, -0.15) is 0 Å². The van der Waals surface area contributed by atoms with Crippen molar-refractivity contribution < 1.29 is 37.0 Å². The third kappa shape index (κ3) is 4.20. The minimum Gasteiger partial charge on any atom is -0.299 e. The highest BCUT2D eigenvalue weighted by atomic mass is 16.1. The van der Waals surface area contributed by atoms with Crippen LogP contribution < -0.4 is 0 Å². The number of ketones is 2. The van der Waals surface area contributed by atoms with E-state index in [1.165, 1.54) is 0 Å². The first-order valence-corrected chi connectivity index (χ1v) is 2.91. The van der Waals surface area contributed by atoms with E-state index in [4.69, 9.17) is 27.4 Å². The van der Waals surface area contributed by atoms with Crippen LogP contribution >= 0.6 is 0 Å². The third-order valence-corrected chi connectivity index (χ3v) is 0.908. The number of rotatable bonds is 2. The molecule has 0 bridgehead atoms. The van der Waals surface area contributed by atoms with Gasteiger partial charge in [-0.25, -0.2) is 0 Å². The summed E-state index contributed by atoms with van der Waals surface area (Å²) in [7, 11) is 0. The van der Waals surface area contributed by atoms with Crippen LogP contribution in [0.5, 0.6) is 0 Å². The van der Waals surface area contributed by atoms with E-state index in [2.05, 4.69) is 0 Å². The molecule has 2 heteroatoms. The fourth-order valence-electron chi connectivity index (χ4n) is 0.291. The van der Waals surface area contributed by atoms with E-state index in [1.54, 1.807) is 0 Å². The van der Waals surface area contributed by atoms with Crippen LogP contribution in [0, 0.1) is 10.8 Å². The molecule has 0 atom stereocenters. The zero-order valence-electron chi connectivity index (χ0n) is 26.3. The average Bonchev–Trinajstić information content (AvgIpc) is 2.37. The van der Waals surface area contributed by atoms with Crippen LogP contribution in [0.15, 0.2) is 0 Å². The summed E-state index contributed by atoms with van der Waals surface area (Å²) < 4.78 is 149. The van der Waals surface area contributed by atoms with Crippen LogP contribution in [0.25, 0.3) is 0 Å². The summed E-state index contributed by atoms with van der Waals surface area (Å²) in [6, 6.07) is 0.